The molecular formula is C20H23NO4S. The number of hydrogen-bond donors (Lipinski definition) is 0. The fourth-order valence-corrected chi connectivity index (χ4v) is 3.07. The van der Waals surface area contributed by atoms with Crippen molar-refractivity contribution in [3.8, 4) is 5.75 Å². The molecule has 6 heteroatoms. The van der Waals surface area contributed by atoms with Crippen LogP contribution in [0.1, 0.15) is 29.3 Å². The summed E-state index contributed by atoms with van der Waals surface area (Å²) in [5.41, 5.74) is 1.32. The maximum Gasteiger partial charge on any atom is 0.242 e. The number of sulfonamides is 1. The quantitative estimate of drug-likeness (QED) is 0.524. The minimum atomic E-state index is -3.49. The Bertz CT molecular complexity index is 867. The lowest BCUT2D eigenvalue weighted by atomic mass is 10.1. The molecule has 2 aromatic rings. The molecule has 0 N–H and O–H groups in total. The molecule has 2 aromatic carbocycles. The Balaban J connectivity index is 2.06. The Morgan fingerprint density at radius 3 is 2.19 bits per heavy atom. The van der Waals surface area contributed by atoms with E-state index in [2.05, 4.69) is 0 Å². The highest BCUT2D eigenvalue weighted by Crippen LogP contribution is 2.16. The SMILES string of the molecule is CCCOc1ccc(/C=C/C(=O)c2ccc(S(=O)(=O)N(C)C)cc2)cc1. The van der Waals surface area contributed by atoms with Crippen LogP contribution in [-0.4, -0.2) is 39.2 Å². The monoisotopic (exact) mass is 373 g/mol. The summed E-state index contributed by atoms with van der Waals surface area (Å²) < 4.78 is 30.7. The highest BCUT2D eigenvalue weighted by Gasteiger charge is 2.17. The number of carbonyl (C=O) groups is 1. The van der Waals surface area contributed by atoms with Gasteiger partial charge < -0.3 is 4.74 Å². The van der Waals surface area contributed by atoms with Crippen LogP contribution >= 0.6 is 0 Å². The summed E-state index contributed by atoms with van der Waals surface area (Å²) in [6, 6.07) is 13.4. The van der Waals surface area contributed by atoms with Gasteiger partial charge in [-0.3, -0.25) is 4.79 Å². The van der Waals surface area contributed by atoms with Crippen molar-refractivity contribution >= 4 is 21.9 Å². The lowest BCUT2D eigenvalue weighted by molar-refractivity contribution is 0.104. The van der Waals surface area contributed by atoms with Gasteiger partial charge >= 0.3 is 0 Å². The average molecular weight is 373 g/mol. The standard InChI is InChI=1S/C20H23NO4S/c1-4-15-25-18-10-5-16(6-11-18)7-14-20(22)17-8-12-19(13-9-17)26(23,24)21(2)3/h5-14H,4,15H2,1-3H3/b14-7+. The minimum absolute atomic E-state index is 0.158. The van der Waals surface area contributed by atoms with Gasteiger partial charge in [-0.05, 0) is 54.5 Å². The summed E-state index contributed by atoms with van der Waals surface area (Å²) in [4.78, 5) is 12.4. The van der Waals surface area contributed by atoms with E-state index >= 15 is 0 Å². The fourth-order valence-electron chi connectivity index (χ4n) is 2.17. The second-order valence-corrected chi connectivity index (χ2v) is 8.08. The molecule has 26 heavy (non-hydrogen) atoms. The lowest BCUT2D eigenvalue weighted by Gasteiger charge is -2.11. The predicted molar refractivity (Wildman–Crippen MR) is 103 cm³/mol. The van der Waals surface area contributed by atoms with Gasteiger partial charge in [-0.2, -0.15) is 0 Å². The second-order valence-electron chi connectivity index (χ2n) is 5.93. The van der Waals surface area contributed by atoms with E-state index in [4.69, 9.17) is 4.74 Å². The largest absolute Gasteiger partial charge is 0.494 e. The van der Waals surface area contributed by atoms with Gasteiger partial charge in [0.05, 0.1) is 11.5 Å². The van der Waals surface area contributed by atoms with E-state index in [1.807, 2.05) is 31.2 Å². The zero-order chi connectivity index (χ0) is 19.2. The molecular weight excluding hydrogens is 350 g/mol. The summed E-state index contributed by atoms with van der Waals surface area (Å²) >= 11 is 0. The first-order valence-electron chi connectivity index (χ1n) is 8.32. The third-order valence-corrected chi connectivity index (χ3v) is 5.53. The molecule has 0 aliphatic heterocycles. The van der Waals surface area contributed by atoms with Gasteiger partial charge in [-0.25, -0.2) is 12.7 Å². The molecule has 0 bridgehead atoms. The highest BCUT2D eigenvalue weighted by molar-refractivity contribution is 7.89. The number of rotatable bonds is 8. The maximum atomic E-state index is 12.2. The fraction of sp³-hybridized carbons (Fsp3) is 0.250. The molecule has 0 amide bonds. The van der Waals surface area contributed by atoms with E-state index in [1.54, 1.807) is 6.08 Å². The predicted octanol–water partition coefficient (Wildman–Crippen LogP) is 3.62. The summed E-state index contributed by atoms with van der Waals surface area (Å²) in [6.45, 7) is 2.72. The molecule has 0 saturated heterocycles. The van der Waals surface area contributed by atoms with E-state index in [0.29, 0.717) is 12.2 Å². The van der Waals surface area contributed by atoms with Crippen LogP contribution in [0.5, 0.6) is 5.75 Å². The molecule has 5 nitrogen and oxygen atoms in total. The summed E-state index contributed by atoms with van der Waals surface area (Å²) in [7, 11) is -0.557. The first kappa shape index (κ1) is 19.9. The summed E-state index contributed by atoms with van der Waals surface area (Å²) in [5, 5.41) is 0. The van der Waals surface area contributed by atoms with Gasteiger partial charge in [-0.1, -0.05) is 25.1 Å². The van der Waals surface area contributed by atoms with E-state index in [9.17, 15) is 13.2 Å². The van der Waals surface area contributed by atoms with Crippen molar-refractivity contribution in [2.24, 2.45) is 0 Å². The van der Waals surface area contributed by atoms with Gasteiger partial charge in [-0.15, -0.1) is 0 Å². The number of ether oxygens (including phenoxy) is 1. The van der Waals surface area contributed by atoms with Crippen LogP contribution in [-0.2, 0) is 10.0 Å². The van der Waals surface area contributed by atoms with Gasteiger partial charge in [0.25, 0.3) is 0 Å². The topological polar surface area (TPSA) is 63.7 Å². The number of hydrogen-bond acceptors (Lipinski definition) is 4. The summed E-state index contributed by atoms with van der Waals surface area (Å²) in [6.07, 6.45) is 4.14. The number of carbonyl (C=O) groups excluding carboxylic acids is 1. The van der Waals surface area contributed by atoms with Crippen LogP contribution in [0.3, 0.4) is 0 Å². The normalized spacial score (nSPS) is 11.8. The van der Waals surface area contributed by atoms with Crippen molar-refractivity contribution in [1.29, 1.82) is 0 Å². The van der Waals surface area contributed by atoms with Gasteiger partial charge in [0, 0.05) is 19.7 Å². The molecule has 0 fully saturated rings. The smallest absolute Gasteiger partial charge is 0.242 e. The van der Waals surface area contributed by atoms with Crippen molar-refractivity contribution in [3.63, 3.8) is 0 Å². The van der Waals surface area contributed by atoms with E-state index in [-0.39, 0.29) is 10.7 Å². The van der Waals surface area contributed by atoms with Crippen LogP contribution in [0.15, 0.2) is 59.5 Å². The lowest BCUT2D eigenvalue weighted by Crippen LogP contribution is -2.22. The molecule has 2 rings (SSSR count). The molecule has 0 spiro atoms. The third-order valence-electron chi connectivity index (χ3n) is 3.70. The first-order chi connectivity index (χ1) is 12.3. The van der Waals surface area contributed by atoms with Crippen molar-refractivity contribution in [2.45, 2.75) is 18.2 Å². The molecule has 0 atom stereocenters. The van der Waals surface area contributed by atoms with Crippen molar-refractivity contribution in [1.82, 2.24) is 4.31 Å². The molecule has 0 aliphatic carbocycles. The minimum Gasteiger partial charge on any atom is -0.494 e. The molecule has 138 valence electrons. The van der Waals surface area contributed by atoms with E-state index in [0.717, 1.165) is 22.0 Å². The highest BCUT2D eigenvalue weighted by atomic mass is 32.2. The number of ketones is 1. The van der Waals surface area contributed by atoms with Gasteiger partial charge in [0.15, 0.2) is 5.78 Å². The zero-order valence-corrected chi connectivity index (χ0v) is 16.0. The molecule has 0 unspecified atom stereocenters. The van der Waals surface area contributed by atoms with Crippen LogP contribution in [0.2, 0.25) is 0 Å². The van der Waals surface area contributed by atoms with Crippen LogP contribution in [0.4, 0.5) is 0 Å². The van der Waals surface area contributed by atoms with Gasteiger partial charge in [0.1, 0.15) is 5.75 Å². The molecule has 0 radical (unpaired) electrons. The van der Waals surface area contributed by atoms with Crippen LogP contribution < -0.4 is 4.74 Å². The van der Waals surface area contributed by atoms with E-state index < -0.39 is 10.0 Å². The number of allylic oxidation sites excluding steroid dienone is 1. The van der Waals surface area contributed by atoms with Crippen molar-refractivity contribution in [3.05, 3.63) is 65.7 Å². The Morgan fingerprint density at radius 2 is 1.65 bits per heavy atom. The first-order valence-corrected chi connectivity index (χ1v) is 9.76. The Labute approximate surface area is 155 Å². The molecule has 0 heterocycles. The van der Waals surface area contributed by atoms with Gasteiger partial charge in [0.2, 0.25) is 10.0 Å². The Morgan fingerprint density at radius 1 is 1.04 bits per heavy atom. The Kier molecular flexibility index (Phi) is 6.71. The zero-order valence-electron chi connectivity index (χ0n) is 15.2. The number of benzene rings is 2. The Hall–Kier alpha value is -2.44. The molecule has 0 saturated carbocycles. The van der Waals surface area contributed by atoms with Crippen molar-refractivity contribution < 1.29 is 17.9 Å². The third kappa shape index (κ3) is 5.03. The molecule has 0 aromatic heterocycles. The second kappa shape index (κ2) is 8.78. The van der Waals surface area contributed by atoms with Crippen molar-refractivity contribution in [2.75, 3.05) is 20.7 Å². The van der Waals surface area contributed by atoms with Crippen LogP contribution in [0.25, 0.3) is 6.08 Å². The maximum absolute atomic E-state index is 12.2. The summed E-state index contributed by atoms with van der Waals surface area (Å²) in [5.74, 6) is 0.609. The van der Waals surface area contributed by atoms with Crippen LogP contribution in [0, 0.1) is 0 Å². The van der Waals surface area contributed by atoms with E-state index in [1.165, 1.54) is 44.4 Å². The number of nitrogens with zero attached hydrogens (tertiary/aromatic N) is 1. The average Bonchev–Trinajstić information content (AvgIpc) is 2.65. The molecule has 0 aliphatic rings.